The fraction of sp³-hybridized carbons (Fsp3) is 0.286. The van der Waals surface area contributed by atoms with Crippen molar-refractivity contribution in [2.75, 3.05) is 30.1 Å². The van der Waals surface area contributed by atoms with Gasteiger partial charge in [0.25, 0.3) is 0 Å². The van der Waals surface area contributed by atoms with E-state index in [2.05, 4.69) is 4.98 Å². The first kappa shape index (κ1) is 23.7. The van der Waals surface area contributed by atoms with Crippen LogP contribution in [0.25, 0.3) is 11.0 Å². The molecule has 32 heavy (non-hydrogen) atoms. The average molecular weight is 483 g/mol. The molecule has 0 N–H and O–H groups in total. The van der Waals surface area contributed by atoms with Crippen molar-refractivity contribution in [1.82, 2.24) is 4.98 Å². The van der Waals surface area contributed by atoms with Crippen LogP contribution in [0, 0.1) is 5.95 Å². The van der Waals surface area contributed by atoms with Gasteiger partial charge in [-0.2, -0.15) is 4.39 Å². The lowest BCUT2D eigenvalue weighted by molar-refractivity contribution is 0.101. The number of hydrogen-bond donors (Lipinski definition) is 0. The van der Waals surface area contributed by atoms with E-state index in [-0.39, 0.29) is 47.9 Å². The van der Waals surface area contributed by atoms with Gasteiger partial charge in [-0.1, -0.05) is 11.6 Å². The van der Waals surface area contributed by atoms with Gasteiger partial charge in [0.2, 0.25) is 11.7 Å². The van der Waals surface area contributed by atoms with Crippen LogP contribution in [0.15, 0.2) is 40.9 Å². The van der Waals surface area contributed by atoms with Crippen molar-refractivity contribution in [2.45, 2.75) is 13.3 Å². The standard InChI is InChI=1S/C21H20ClFN2O6S/c1-3-30-21(27)25(9-4-10-32(2,28)29)18-15-11-14(22)6-7-16(15)31-20(18)19(26)13-5-8-17(23)24-12-13/h5-8,11-12H,3-4,9-10H2,1-2H3. The predicted octanol–water partition coefficient (Wildman–Crippen LogP) is 4.25. The maximum Gasteiger partial charge on any atom is 0.414 e. The Bertz CT molecular complexity index is 1260. The molecule has 2 aromatic heterocycles. The molecule has 0 fully saturated rings. The number of anilines is 1. The minimum absolute atomic E-state index is 0.0396. The van der Waals surface area contributed by atoms with Gasteiger partial charge in [-0.3, -0.25) is 9.69 Å². The number of halogens is 2. The smallest absolute Gasteiger partial charge is 0.414 e. The first-order chi connectivity index (χ1) is 15.1. The molecular weight excluding hydrogens is 463 g/mol. The highest BCUT2D eigenvalue weighted by Gasteiger charge is 2.30. The molecule has 11 heteroatoms. The molecule has 0 radical (unpaired) electrons. The average Bonchev–Trinajstić information content (AvgIpc) is 3.09. The Hall–Kier alpha value is -2.98. The molecule has 0 aliphatic carbocycles. The zero-order chi connectivity index (χ0) is 23.5. The summed E-state index contributed by atoms with van der Waals surface area (Å²) in [6.07, 6.45) is 1.46. The number of ether oxygens (including phenoxy) is 1. The molecule has 0 aliphatic heterocycles. The number of carbonyl (C=O) groups is 2. The van der Waals surface area contributed by atoms with Gasteiger partial charge in [0, 0.05) is 35.0 Å². The molecule has 1 aromatic carbocycles. The number of hydrogen-bond acceptors (Lipinski definition) is 7. The van der Waals surface area contributed by atoms with E-state index in [1.807, 2.05) is 0 Å². The van der Waals surface area contributed by atoms with Gasteiger partial charge in [-0.15, -0.1) is 0 Å². The van der Waals surface area contributed by atoms with Crippen molar-refractivity contribution >= 4 is 50.0 Å². The molecule has 0 spiro atoms. The van der Waals surface area contributed by atoms with Crippen molar-refractivity contribution in [3.63, 3.8) is 0 Å². The van der Waals surface area contributed by atoms with E-state index in [9.17, 15) is 22.4 Å². The van der Waals surface area contributed by atoms with E-state index in [0.717, 1.165) is 23.4 Å². The summed E-state index contributed by atoms with van der Waals surface area (Å²) in [6.45, 7) is 1.62. The predicted molar refractivity (Wildman–Crippen MR) is 118 cm³/mol. The first-order valence-electron chi connectivity index (χ1n) is 9.61. The van der Waals surface area contributed by atoms with Crippen LogP contribution >= 0.6 is 11.6 Å². The van der Waals surface area contributed by atoms with Gasteiger partial charge in [0.05, 0.1) is 12.4 Å². The second-order valence-electron chi connectivity index (χ2n) is 6.95. The number of fused-ring (bicyclic) bond motifs is 1. The summed E-state index contributed by atoms with van der Waals surface area (Å²) >= 11 is 6.13. The van der Waals surface area contributed by atoms with Crippen molar-refractivity contribution in [3.05, 3.63) is 58.8 Å². The van der Waals surface area contributed by atoms with E-state index in [1.165, 1.54) is 12.1 Å². The summed E-state index contributed by atoms with van der Waals surface area (Å²) in [5.41, 5.74) is 0.404. The van der Waals surface area contributed by atoms with Crippen LogP contribution < -0.4 is 4.90 Å². The third-order valence-electron chi connectivity index (χ3n) is 4.47. The Kier molecular flexibility index (Phi) is 7.15. The molecule has 3 rings (SSSR count). The number of rotatable bonds is 8. The number of furan rings is 1. The minimum atomic E-state index is -3.28. The molecule has 0 unspecified atom stereocenters. The Morgan fingerprint density at radius 1 is 1.25 bits per heavy atom. The Labute approximate surface area is 188 Å². The Morgan fingerprint density at radius 3 is 2.62 bits per heavy atom. The first-order valence-corrected chi connectivity index (χ1v) is 12.0. The van der Waals surface area contributed by atoms with Gasteiger partial charge in [-0.25, -0.2) is 18.2 Å². The summed E-state index contributed by atoms with van der Waals surface area (Å²) in [6, 6.07) is 6.90. The van der Waals surface area contributed by atoms with Gasteiger partial charge in [0.1, 0.15) is 21.1 Å². The molecule has 170 valence electrons. The fourth-order valence-electron chi connectivity index (χ4n) is 3.10. The molecule has 0 bridgehead atoms. The Balaban J connectivity index is 2.15. The Morgan fingerprint density at radius 2 is 2.00 bits per heavy atom. The highest BCUT2D eigenvalue weighted by Crippen LogP contribution is 2.37. The van der Waals surface area contributed by atoms with E-state index in [4.69, 9.17) is 20.8 Å². The fourth-order valence-corrected chi connectivity index (χ4v) is 3.93. The summed E-state index contributed by atoms with van der Waals surface area (Å²) in [5.74, 6) is -1.78. The van der Waals surface area contributed by atoms with Crippen molar-refractivity contribution in [2.24, 2.45) is 0 Å². The maximum absolute atomic E-state index is 13.2. The van der Waals surface area contributed by atoms with Crippen LogP contribution in [-0.2, 0) is 14.6 Å². The number of benzene rings is 1. The molecule has 3 aromatic rings. The number of aromatic nitrogens is 1. The lowest BCUT2D eigenvalue weighted by atomic mass is 10.1. The zero-order valence-electron chi connectivity index (χ0n) is 17.3. The molecular formula is C21H20ClFN2O6S. The number of nitrogens with zero attached hydrogens (tertiary/aromatic N) is 2. The summed E-state index contributed by atoms with van der Waals surface area (Å²) < 4.78 is 47.3. The van der Waals surface area contributed by atoms with Crippen LogP contribution in [0.5, 0.6) is 0 Å². The monoisotopic (exact) mass is 482 g/mol. The number of amides is 1. The lowest BCUT2D eigenvalue weighted by Gasteiger charge is -2.22. The largest absolute Gasteiger partial charge is 0.450 e. The van der Waals surface area contributed by atoms with E-state index < -0.39 is 27.7 Å². The van der Waals surface area contributed by atoms with Gasteiger partial charge in [0.15, 0.2) is 5.76 Å². The maximum atomic E-state index is 13.2. The van der Waals surface area contributed by atoms with E-state index in [1.54, 1.807) is 19.1 Å². The second-order valence-corrected chi connectivity index (χ2v) is 9.65. The third kappa shape index (κ3) is 5.43. The van der Waals surface area contributed by atoms with Crippen LogP contribution in [0.2, 0.25) is 5.02 Å². The van der Waals surface area contributed by atoms with Crippen molar-refractivity contribution in [1.29, 1.82) is 0 Å². The molecule has 1 amide bonds. The summed E-state index contributed by atoms with van der Waals surface area (Å²) in [4.78, 5) is 30.6. The van der Waals surface area contributed by atoms with Crippen LogP contribution in [0.3, 0.4) is 0 Å². The van der Waals surface area contributed by atoms with E-state index >= 15 is 0 Å². The van der Waals surface area contributed by atoms with Gasteiger partial charge >= 0.3 is 6.09 Å². The third-order valence-corrected chi connectivity index (χ3v) is 5.74. The van der Waals surface area contributed by atoms with Gasteiger partial charge in [-0.05, 0) is 43.7 Å². The quantitative estimate of drug-likeness (QED) is 0.349. The number of pyridine rings is 1. The SMILES string of the molecule is CCOC(=O)N(CCCS(C)(=O)=O)c1c(C(=O)c2ccc(F)nc2)oc2ccc(Cl)cc12. The molecule has 0 atom stereocenters. The molecule has 0 aliphatic rings. The minimum Gasteiger partial charge on any atom is -0.450 e. The molecule has 2 heterocycles. The van der Waals surface area contributed by atoms with Crippen LogP contribution in [0.1, 0.15) is 29.5 Å². The van der Waals surface area contributed by atoms with Crippen LogP contribution in [-0.4, -0.2) is 50.4 Å². The zero-order valence-corrected chi connectivity index (χ0v) is 18.9. The topological polar surface area (TPSA) is 107 Å². The second kappa shape index (κ2) is 9.66. The number of sulfone groups is 1. The highest BCUT2D eigenvalue weighted by atomic mass is 35.5. The number of ketones is 1. The highest BCUT2D eigenvalue weighted by molar-refractivity contribution is 7.90. The molecule has 0 saturated heterocycles. The summed E-state index contributed by atoms with van der Waals surface area (Å²) in [5, 5.41) is 0.699. The lowest BCUT2D eigenvalue weighted by Crippen LogP contribution is -2.34. The van der Waals surface area contributed by atoms with Crippen LogP contribution in [0.4, 0.5) is 14.9 Å². The number of carbonyl (C=O) groups excluding carboxylic acids is 2. The van der Waals surface area contributed by atoms with Crippen molar-refractivity contribution < 1.29 is 31.6 Å². The van der Waals surface area contributed by atoms with Crippen molar-refractivity contribution in [3.8, 4) is 0 Å². The molecule has 8 nitrogen and oxygen atoms in total. The van der Waals surface area contributed by atoms with E-state index in [0.29, 0.717) is 10.4 Å². The normalized spacial score (nSPS) is 11.5. The van der Waals surface area contributed by atoms with Gasteiger partial charge < -0.3 is 9.15 Å². The molecule has 0 saturated carbocycles. The summed E-state index contributed by atoms with van der Waals surface area (Å²) in [7, 11) is -3.28.